The van der Waals surface area contributed by atoms with E-state index in [0.29, 0.717) is 54.3 Å². The van der Waals surface area contributed by atoms with Crippen molar-refractivity contribution in [3.63, 3.8) is 0 Å². The number of hydrogen-bond acceptors (Lipinski definition) is 8. The first kappa shape index (κ1) is 28.4. The number of amides is 1. The highest BCUT2D eigenvalue weighted by molar-refractivity contribution is 6.32. The third kappa shape index (κ3) is 6.90. The molecule has 4 rings (SSSR count). The lowest BCUT2D eigenvalue weighted by Gasteiger charge is -2.37. The number of benzene rings is 1. The minimum absolute atomic E-state index is 0.0392. The van der Waals surface area contributed by atoms with Crippen molar-refractivity contribution in [2.75, 3.05) is 50.6 Å². The predicted molar refractivity (Wildman–Crippen MR) is 143 cm³/mol. The maximum atomic E-state index is 12.8. The highest BCUT2D eigenvalue weighted by Crippen LogP contribution is 2.29. The van der Waals surface area contributed by atoms with E-state index in [1.54, 1.807) is 31.3 Å². The van der Waals surface area contributed by atoms with Crippen LogP contribution in [0.2, 0.25) is 5.02 Å². The van der Waals surface area contributed by atoms with Gasteiger partial charge in [-0.3, -0.25) is 14.5 Å². The number of alkyl halides is 3. The summed E-state index contributed by atoms with van der Waals surface area (Å²) in [4.78, 5) is 36.3. The summed E-state index contributed by atoms with van der Waals surface area (Å²) in [5, 5.41) is 6.58. The molecular formula is C25H29ClF3N7O3. The Morgan fingerprint density at radius 3 is 2.64 bits per heavy atom. The summed E-state index contributed by atoms with van der Waals surface area (Å²) in [5.41, 5.74) is 0.923. The largest absolute Gasteiger partial charge is 0.478 e. The summed E-state index contributed by atoms with van der Waals surface area (Å²) in [6, 6.07) is 6.72. The van der Waals surface area contributed by atoms with Crippen LogP contribution in [-0.4, -0.2) is 77.9 Å². The molecule has 3 aromatic rings. The fraction of sp³-hybridized carbons (Fsp3) is 0.440. The van der Waals surface area contributed by atoms with Crippen LogP contribution in [0.5, 0.6) is 5.75 Å². The van der Waals surface area contributed by atoms with Gasteiger partial charge in [-0.2, -0.15) is 18.2 Å². The van der Waals surface area contributed by atoms with Gasteiger partial charge in [-0.05, 0) is 44.2 Å². The van der Waals surface area contributed by atoms with Gasteiger partial charge in [0.05, 0.1) is 18.3 Å². The number of carbonyl (C=O) groups is 1. The van der Waals surface area contributed by atoms with Gasteiger partial charge in [-0.25, -0.2) is 4.98 Å². The molecule has 0 saturated carbocycles. The molecule has 39 heavy (non-hydrogen) atoms. The Bertz CT molecular complexity index is 1410. The molecule has 0 unspecified atom stereocenters. The quantitative estimate of drug-likeness (QED) is 0.427. The van der Waals surface area contributed by atoms with Gasteiger partial charge in [0.1, 0.15) is 5.02 Å². The Morgan fingerprint density at radius 2 is 1.97 bits per heavy atom. The summed E-state index contributed by atoms with van der Waals surface area (Å²) in [7, 11) is 4.58. The molecule has 10 nitrogen and oxygen atoms in total. The van der Waals surface area contributed by atoms with E-state index in [-0.39, 0.29) is 34.9 Å². The molecule has 14 heteroatoms. The van der Waals surface area contributed by atoms with Crippen LogP contribution < -0.4 is 25.8 Å². The van der Waals surface area contributed by atoms with Crippen molar-refractivity contribution in [2.24, 2.45) is 7.05 Å². The zero-order valence-electron chi connectivity index (χ0n) is 21.7. The maximum Gasteiger partial charge on any atom is 0.401 e. The lowest BCUT2D eigenvalue weighted by molar-refractivity contribution is -0.148. The third-order valence-electron chi connectivity index (χ3n) is 6.62. The first-order valence-corrected chi connectivity index (χ1v) is 12.6. The topological polar surface area (TPSA) is 105 Å². The molecule has 3 heterocycles. The lowest BCUT2D eigenvalue weighted by Crippen LogP contribution is -2.46. The van der Waals surface area contributed by atoms with Crippen molar-refractivity contribution in [3.8, 4) is 5.75 Å². The van der Waals surface area contributed by atoms with Crippen LogP contribution in [0.3, 0.4) is 0 Å². The Labute approximate surface area is 227 Å². The van der Waals surface area contributed by atoms with Crippen molar-refractivity contribution in [2.45, 2.75) is 25.1 Å². The number of likely N-dealkylation sites (N-methyl/N-ethyl adjacent to an activating group) is 1. The fourth-order valence-electron chi connectivity index (χ4n) is 4.50. The van der Waals surface area contributed by atoms with Gasteiger partial charge in [0.25, 0.3) is 11.5 Å². The van der Waals surface area contributed by atoms with Gasteiger partial charge in [-0.15, -0.1) is 0 Å². The number of nitrogens with one attached hydrogen (secondary N) is 2. The Balaban J connectivity index is 1.50. The van der Waals surface area contributed by atoms with Crippen LogP contribution in [0.1, 0.15) is 12.8 Å². The Morgan fingerprint density at radius 1 is 1.26 bits per heavy atom. The SMILES string of the molecule is CNC(=O)COc1cc2cc(Nc3nc(N4CCC(N(C)CC(F)(F)F)CC4)ncc3Cl)ccc2n(C)c1=O. The van der Waals surface area contributed by atoms with E-state index in [9.17, 15) is 22.8 Å². The number of pyridine rings is 1. The molecule has 0 atom stereocenters. The summed E-state index contributed by atoms with van der Waals surface area (Å²) in [6.07, 6.45) is -1.66. The number of aryl methyl sites for hydroxylation is 1. The first-order chi connectivity index (χ1) is 18.4. The molecule has 1 aliphatic heterocycles. The number of ether oxygens (including phenoxy) is 1. The molecule has 1 aromatic carbocycles. The molecule has 2 N–H and O–H groups in total. The molecule has 1 fully saturated rings. The fourth-order valence-corrected chi connectivity index (χ4v) is 4.64. The highest BCUT2D eigenvalue weighted by Gasteiger charge is 2.33. The highest BCUT2D eigenvalue weighted by atomic mass is 35.5. The number of carbonyl (C=O) groups excluding carboxylic acids is 1. The summed E-state index contributed by atoms with van der Waals surface area (Å²) >= 11 is 6.36. The van der Waals surface area contributed by atoms with Gasteiger partial charge < -0.3 is 24.8 Å². The normalized spacial score (nSPS) is 14.6. The van der Waals surface area contributed by atoms with Crippen LogP contribution in [-0.2, 0) is 11.8 Å². The molecule has 1 amide bonds. The van der Waals surface area contributed by atoms with Gasteiger partial charge in [0, 0.05) is 44.3 Å². The van der Waals surface area contributed by atoms with E-state index in [0.717, 1.165) is 0 Å². The smallest absolute Gasteiger partial charge is 0.401 e. The second kappa shape index (κ2) is 11.7. The number of rotatable bonds is 8. The molecule has 210 valence electrons. The molecule has 1 aliphatic rings. The zero-order chi connectivity index (χ0) is 28.3. The second-order valence-electron chi connectivity index (χ2n) is 9.35. The van der Waals surface area contributed by atoms with E-state index >= 15 is 0 Å². The van der Waals surface area contributed by atoms with Gasteiger partial charge in [0.15, 0.2) is 18.2 Å². The van der Waals surface area contributed by atoms with Crippen LogP contribution in [0.15, 0.2) is 35.3 Å². The second-order valence-corrected chi connectivity index (χ2v) is 9.76. The standard InChI is InChI=1S/C25H29ClF3N7O3/c1-30-21(37)13-39-20-11-15-10-16(4-5-19(15)35(3)23(20)38)32-22-18(26)12-31-24(33-22)36-8-6-17(7-9-36)34(2)14-25(27,28)29/h4-5,10-12,17H,6-9,13-14H2,1-3H3,(H,30,37)(H,31,32,33). The van der Waals surface area contributed by atoms with Crippen molar-refractivity contribution in [3.05, 3.63) is 45.8 Å². The van der Waals surface area contributed by atoms with Gasteiger partial charge in [0.2, 0.25) is 5.95 Å². The first-order valence-electron chi connectivity index (χ1n) is 12.2. The van der Waals surface area contributed by atoms with Crippen LogP contribution in [0, 0.1) is 0 Å². The number of piperidine rings is 1. The average Bonchev–Trinajstić information content (AvgIpc) is 2.90. The number of fused-ring (bicyclic) bond motifs is 1. The minimum atomic E-state index is -4.23. The van der Waals surface area contributed by atoms with Crippen LogP contribution in [0.4, 0.5) is 30.6 Å². The van der Waals surface area contributed by atoms with Gasteiger partial charge >= 0.3 is 6.18 Å². The summed E-state index contributed by atoms with van der Waals surface area (Å²) in [6.45, 7) is -0.206. The molecule has 0 bridgehead atoms. The monoisotopic (exact) mass is 567 g/mol. The number of nitrogens with zero attached hydrogens (tertiary/aromatic N) is 5. The number of anilines is 3. The third-order valence-corrected chi connectivity index (χ3v) is 6.90. The molecule has 2 aromatic heterocycles. The minimum Gasteiger partial charge on any atom is -0.478 e. The molecule has 0 spiro atoms. The van der Waals surface area contributed by atoms with Crippen molar-refractivity contribution >= 4 is 45.9 Å². The van der Waals surface area contributed by atoms with Crippen molar-refractivity contribution < 1.29 is 22.7 Å². The maximum absolute atomic E-state index is 12.8. The molecular weight excluding hydrogens is 539 g/mol. The summed E-state index contributed by atoms with van der Waals surface area (Å²) < 4.78 is 45.1. The van der Waals surface area contributed by atoms with E-state index < -0.39 is 12.7 Å². The number of halogens is 4. The Kier molecular flexibility index (Phi) is 8.50. The van der Waals surface area contributed by atoms with E-state index in [2.05, 4.69) is 20.6 Å². The van der Waals surface area contributed by atoms with Crippen LogP contribution in [0.25, 0.3) is 10.9 Å². The Hall–Kier alpha value is -3.58. The molecule has 1 saturated heterocycles. The summed E-state index contributed by atoms with van der Waals surface area (Å²) in [5.74, 6) is 0.460. The van der Waals surface area contributed by atoms with Gasteiger partial charge in [-0.1, -0.05) is 11.6 Å². The van der Waals surface area contributed by atoms with E-state index in [1.807, 2.05) is 4.90 Å². The van der Waals surface area contributed by atoms with E-state index in [4.69, 9.17) is 16.3 Å². The number of hydrogen-bond donors (Lipinski definition) is 2. The zero-order valence-corrected chi connectivity index (χ0v) is 22.4. The number of aromatic nitrogens is 3. The van der Waals surface area contributed by atoms with Crippen molar-refractivity contribution in [1.82, 2.24) is 24.8 Å². The van der Waals surface area contributed by atoms with E-state index in [1.165, 1.54) is 29.8 Å². The van der Waals surface area contributed by atoms with Crippen LogP contribution >= 0.6 is 11.6 Å². The molecule has 0 radical (unpaired) electrons. The molecule has 0 aliphatic carbocycles. The average molecular weight is 568 g/mol. The predicted octanol–water partition coefficient (Wildman–Crippen LogP) is 3.31. The van der Waals surface area contributed by atoms with Crippen molar-refractivity contribution in [1.29, 1.82) is 0 Å². The lowest BCUT2D eigenvalue weighted by atomic mass is 10.0.